The van der Waals surface area contributed by atoms with Gasteiger partial charge in [0, 0.05) is 44.6 Å². The fraction of sp³-hybridized carbons (Fsp3) is 0.421. The van der Waals surface area contributed by atoms with Gasteiger partial charge in [-0.3, -0.25) is 9.88 Å². The monoisotopic (exact) mass is 391 g/mol. The maximum absolute atomic E-state index is 12.3. The van der Waals surface area contributed by atoms with Crippen LogP contribution in [0.2, 0.25) is 0 Å². The van der Waals surface area contributed by atoms with Gasteiger partial charge in [-0.15, -0.1) is 0 Å². The number of benzene rings is 1. The molecule has 1 aliphatic heterocycles. The molecule has 1 aromatic carbocycles. The van der Waals surface area contributed by atoms with Gasteiger partial charge in [0.15, 0.2) is 0 Å². The molecule has 1 saturated heterocycles. The fourth-order valence-corrected chi connectivity index (χ4v) is 4.31. The third kappa shape index (κ3) is 4.97. The lowest BCUT2D eigenvalue weighted by molar-refractivity contribution is 0.0698. The van der Waals surface area contributed by atoms with Crippen LogP contribution >= 0.6 is 0 Å². The van der Waals surface area contributed by atoms with E-state index in [1.54, 1.807) is 30.9 Å². The molecule has 0 saturated carbocycles. The normalized spacial score (nSPS) is 15.6. The summed E-state index contributed by atoms with van der Waals surface area (Å²) in [7, 11) is -0.0420. The lowest BCUT2D eigenvalue weighted by Crippen LogP contribution is -2.59. The number of aromatic nitrogens is 1. The Hall–Kier alpha value is -2.16. The first kappa shape index (κ1) is 19.6. The van der Waals surface area contributed by atoms with Crippen molar-refractivity contribution < 1.29 is 17.9 Å². The number of hydrogen-bond donors (Lipinski definition) is 0. The minimum atomic E-state index is -3.29. The average molecular weight is 391 g/mol. The largest absolute Gasteiger partial charge is 0.497 e. The van der Waals surface area contributed by atoms with E-state index in [9.17, 15) is 8.42 Å². The minimum absolute atomic E-state index is 0.0272. The summed E-state index contributed by atoms with van der Waals surface area (Å²) in [5.74, 6) is 1.49. The van der Waals surface area contributed by atoms with E-state index in [-0.39, 0.29) is 6.04 Å². The molecular formula is C19H25N3O4S. The number of sulfonamides is 1. The first-order valence-electron chi connectivity index (χ1n) is 8.69. The van der Waals surface area contributed by atoms with Crippen LogP contribution in [0.4, 0.5) is 0 Å². The van der Waals surface area contributed by atoms with Gasteiger partial charge in [-0.25, -0.2) is 8.42 Å². The molecule has 1 fully saturated rings. The predicted molar refractivity (Wildman–Crippen MR) is 103 cm³/mol. The van der Waals surface area contributed by atoms with Crippen LogP contribution < -0.4 is 9.47 Å². The van der Waals surface area contributed by atoms with E-state index < -0.39 is 10.0 Å². The lowest BCUT2D eigenvalue weighted by atomic mass is 10.1. The van der Waals surface area contributed by atoms with Gasteiger partial charge < -0.3 is 9.47 Å². The third-order valence-corrected chi connectivity index (χ3v) is 5.96. The zero-order valence-corrected chi connectivity index (χ0v) is 16.6. The molecule has 2 heterocycles. The Morgan fingerprint density at radius 1 is 1.07 bits per heavy atom. The van der Waals surface area contributed by atoms with E-state index >= 15 is 0 Å². The van der Waals surface area contributed by atoms with E-state index in [0.29, 0.717) is 19.6 Å². The number of hydrogen-bond acceptors (Lipinski definition) is 6. The maximum Gasteiger partial charge on any atom is 0.211 e. The van der Waals surface area contributed by atoms with Crippen molar-refractivity contribution in [3.05, 3.63) is 53.9 Å². The number of nitrogens with zero attached hydrogens (tertiary/aromatic N) is 3. The molecule has 0 spiro atoms. The van der Waals surface area contributed by atoms with Crippen molar-refractivity contribution in [3.63, 3.8) is 0 Å². The molecule has 146 valence electrons. The highest BCUT2D eigenvalue weighted by atomic mass is 32.2. The highest BCUT2D eigenvalue weighted by Gasteiger charge is 2.36. The summed E-state index contributed by atoms with van der Waals surface area (Å²) in [4.78, 5) is 6.20. The van der Waals surface area contributed by atoms with Crippen LogP contribution in [-0.2, 0) is 23.1 Å². The van der Waals surface area contributed by atoms with Crippen LogP contribution in [0.3, 0.4) is 0 Å². The molecule has 2 aromatic rings. The van der Waals surface area contributed by atoms with Crippen molar-refractivity contribution in [1.82, 2.24) is 14.2 Å². The molecule has 0 atom stereocenters. The first-order valence-corrected chi connectivity index (χ1v) is 10.5. The van der Waals surface area contributed by atoms with E-state index in [1.807, 2.05) is 30.3 Å². The van der Waals surface area contributed by atoms with Crippen LogP contribution in [0.5, 0.6) is 11.5 Å². The highest BCUT2D eigenvalue weighted by molar-refractivity contribution is 7.88. The van der Waals surface area contributed by atoms with Gasteiger partial charge in [-0.1, -0.05) is 0 Å². The summed E-state index contributed by atoms with van der Waals surface area (Å²) in [6.07, 6.45) is 4.63. The summed E-state index contributed by atoms with van der Waals surface area (Å²) >= 11 is 0. The van der Waals surface area contributed by atoms with Gasteiger partial charge in [0.05, 0.1) is 26.5 Å². The van der Waals surface area contributed by atoms with Gasteiger partial charge in [-0.2, -0.15) is 4.31 Å². The van der Waals surface area contributed by atoms with Crippen molar-refractivity contribution in [3.8, 4) is 11.5 Å². The second-order valence-corrected chi connectivity index (χ2v) is 8.67. The Labute approximate surface area is 160 Å². The number of ether oxygens (including phenoxy) is 2. The topological polar surface area (TPSA) is 72.0 Å². The summed E-state index contributed by atoms with van der Waals surface area (Å²) in [5.41, 5.74) is 2.01. The zero-order valence-electron chi connectivity index (χ0n) is 15.8. The van der Waals surface area contributed by atoms with Crippen molar-refractivity contribution in [1.29, 1.82) is 0 Å². The Morgan fingerprint density at radius 3 is 2.19 bits per heavy atom. The van der Waals surface area contributed by atoms with Gasteiger partial charge >= 0.3 is 0 Å². The SMILES string of the molecule is COc1cc(CN2CC(N(Cc3ccncc3)S(C)(=O)=O)C2)cc(OC)c1. The molecule has 27 heavy (non-hydrogen) atoms. The van der Waals surface area contributed by atoms with Gasteiger partial charge in [0.25, 0.3) is 0 Å². The minimum Gasteiger partial charge on any atom is -0.497 e. The molecule has 8 heteroatoms. The number of methoxy groups -OCH3 is 2. The molecule has 7 nitrogen and oxygen atoms in total. The number of likely N-dealkylation sites (tertiary alicyclic amines) is 1. The van der Waals surface area contributed by atoms with Crippen LogP contribution in [0.15, 0.2) is 42.7 Å². The van der Waals surface area contributed by atoms with Gasteiger partial charge in [0.1, 0.15) is 11.5 Å². The zero-order chi connectivity index (χ0) is 19.4. The van der Waals surface area contributed by atoms with Gasteiger partial charge in [-0.05, 0) is 35.4 Å². The quantitative estimate of drug-likeness (QED) is 0.683. The van der Waals surface area contributed by atoms with E-state index in [4.69, 9.17) is 9.47 Å². The second kappa shape index (κ2) is 8.24. The molecule has 0 amide bonds. The summed E-state index contributed by atoms with van der Waals surface area (Å²) < 4.78 is 36.7. The van der Waals surface area contributed by atoms with Crippen LogP contribution in [-0.4, -0.2) is 62.2 Å². The van der Waals surface area contributed by atoms with Crippen molar-refractivity contribution in [2.24, 2.45) is 0 Å². The second-order valence-electron chi connectivity index (χ2n) is 6.73. The molecule has 1 aromatic heterocycles. The predicted octanol–water partition coefficient (Wildman–Crippen LogP) is 1.74. The Balaban J connectivity index is 1.64. The Bertz CT molecular complexity index is 846. The summed E-state index contributed by atoms with van der Waals surface area (Å²) in [6.45, 7) is 2.47. The molecule has 0 aliphatic carbocycles. The summed E-state index contributed by atoms with van der Waals surface area (Å²) in [6, 6.07) is 9.44. The van der Waals surface area contributed by atoms with E-state index in [1.165, 1.54) is 6.26 Å². The van der Waals surface area contributed by atoms with Gasteiger partial charge in [0.2, 0.25) is 10.0 Å². The van der Waals surface area contributed by atoms with Crippen LogP contribution in [0, 0.1) is 0 Å². The standard InChI is InChI=1S/C19H25N3O4S/c1-25-18-8-16(9-19(10-18)26-2)11-21-13-17(14-21)22(27(3,23)24)12-15-4-6-20-7-5-15/h4-10,17H,11-14H2,1-3H3. The molecule has 3 rings (SSSR count). The van der Waals surface area contributed by atoms with Crippen LogP contribution in [0.25, 0.3) is 0 Å². The fourth-order valence-electron chi connectivity index (χ4n) is 3.25. The Morgan fingerprint density at radius 2 is 1.67 bits per heavy atom. The lowest BCUT2D eigenvalue weighted by Gasteiger charge is -2.44. The van der Waals surface area contributed by atoms with Crippen molar-refractivity contribution in [2.45, 2.75) is 19.1 Å². The summed E-state index contributed by atoms with van der Waals surface area (Å²) in [5, 5.41) is 0. The number of rotatable bonds is 8. The third-order valence-electron chi connectivity index (χ3n) is 4.68. The first-order chi connectivity index (χ1) is 12.9. The molecule has 0 N–H and O–H groups in total. The van der Waals surface area contributed by atoms with Crippen molar-refractivity contribution >= 4 is 10.0 Å². The Kier molecular flexibility index (Phi) is 5.98. The number of pyridine rings is 1. The molecule has 0 radical (unpaired) electrons. The average Bonchev–Trinajstić information content (AvgIpc) is 2.62. The molecule has 0 bridgehead atoms. The molecule has 0 unspecified atom stereocenters. The van der Waals surface area contributed by atoms with Crippen LogP contribution in [0.1, 0.15) is 11.1 Å². The van der Waals surface area contributed by atoms with Crippen molar-refractivity contribution in [2.75, 3.05) is 33.6 Å². The molecule has 1 aliphatic rings. The van der Waals surface area contributed by atoms with E-state index in [2.05, 4.69) is 9.88 Å². The smallest absolute Gasteiger partial charge is 0.211 e. The maximum atomic E-state index is 12.3. The molecular weight excluding hydrogens is 366 g/mol. The highest BCUT2D eigenvalue weighted by Crippen LogP contribution is 2.26. The van der Waals surface area contributed by atoms with E-state index in [0.717, 1.165) is 29.2 Å².